The van der Waals surface area contributed by atoms with Crippen LogP contribution in [0.15, 0.2) is 11.2 Å². The number of nitrogens with zero attached hydrogens (tertiary/aromatic N) is 2. The van der Waals surface area contributed by atoms with Crippen LogP contribution in [-0.4, -0.2) is 28.5 Å². The van der Waals surface area contributed by atoms with E-state index in [0.717, 1.165) is 24.8 Å². The van der Waals surface area contributed by atoms with Crippen LogP contribution < -0.4 is 9.99 Å². The van der Waals surface area contributed by atoms with E-state index in [9.17, 15) is 22.8 Å². The minimum absolute atomic E-state index is 0.138. The minimum atomic E-state index is -4.47. The summed E-state index contributed by atoms with van der Waals surface area (Å²) in [6, 6.07) is 0. The Labute approximate surface area is 192 Å². The summed E-state index contributed by atoms with van der Waals surface area (Å²) in [4.78, 5) is 30.5. The molecular weight excluding hydrogens is 439 g/mol. The Morgan fingerprint density at radius 3 is 2.41 bits per heavy atom. The van der Waals surface area contributed by atoms with E-state index in [1.54, 1.807) is 20.8 Å². The predicted octanol–water partition coefficient (Wildman–Crippen LogP) is 5.20. The number of aromatic nitrogens is 1. The number of hydrogen-bond acceptors (Lipinski definition) is 3. The van der Waals surface area contributed by atoms with E-state index in [1.807, 2.05) is 5.32 Å². The number of carbonyl (C=O) groups is 2. The highest BCUT2D eigenvalue weighted by molar-refractivity contribution is 7.04. The van der Waals surface area contributed by atoms with E-state index in [1.165, 1.54) is 11.5 Å². The number of unbranched alkanes of at least 4 members (excludes halogenated alkanes) is 1. The van der Waals surface area contributed by atoms with Crippen LogP contribution in [0.25, 0.3) is 0 Å². The summed E-state index contributed by atoms with van der Waals surface area (Å²) in [5.74, 6) is -1.65. The molecule has 32 heavy (non-hydrogen) atoms. The van der Waals surface area contributed by atoms with Gasteiger partial charge in [-0.1, -0.05) is 34.1 Å². The number of hydrogen-bond donors (Lipinski definition) is 1. The van der Waals surface area contributed by atoms with Gasteiger partial charge < -0.3 is 5.32 Å². The third-order valence-corrected chi connectivity index (χ3v) is 8.25. The van der Waals surface area contributed by atoms with E-state index in [-0.39, 0.29) is 11.4 Å². The molecule has 2 atom stereocenters. The fourth-order valence-electron chi connectivity index (χ4n) is 4.20. The Balaban J connectivity index is 2.35. The monoisotopic (exact) mass is 475 g/mol. The van der Waals surface area contributed by atoms with Crippen LogP contribution >= 0.6 is 11.5 Å². The molecule has 0 aliphatic heterocycles. The topological polar surface area (TPSA) is 63.5 Å². The molecule has 1 aromatic heterocycles. The number of aryl methyl sites for hydroxylation is 1. The molecule has 0 aromatic carbocycles. The average Bonchev–Trinajstić information content (AvgIpc) is 3.16. The summed E-state index contributed by atoms with van der Waals surface area (Å²) < 4.78 is 40.4. The van der Waals surface area contributed by atoms with Crippen molar-refractivity contribution in [1.82, 2.24) is 9.27 Å². The molecule has 1 aromatic rings. The van der Waals surface area contributed by atoms with Gasteiger partial charge in [0, 0.05) is 23.2 Å². The normalized spacial score (nSPS) is 24.1. The van der Waals surface area contributed by atoms with Crippen LogP contribution in [0.4, 0.5) is 13.2 Å². The van der Waals surface area contributed by atoms with Gasteiger partial charge in [-0.15, -0.1) is 0 Å². The van der Waals surface area contributed by atoms with Gasteiger partial charge >= 0.3 is 6.18 Å². The first-order valence-electron chi connectivity index (χ1n) is 11.2. The quantitative estimate of drug-likeness (QED) is 0.615. The zero-order valence-electron chi connectivity index (χ0n) is 20.2. The van der Waals surface area contributed by atoms with Crippen molar-refractivity contribution in [2.45, 2.75) is 92.3 Å². The van der Waals surface area contributed by atoms with Crippen molar-refractivity contribution in [3.8, 4) is 0 Å². The maximum Gasteiger partial charge on any atom is 0.405 e. The van der Waals surface area contributed by atoms with Gasteiger partial charge in [0.05, 0.1) is 5.41 Å². The second-order valence-corrected chi connectivity index (χ2v) is 11.5. The molecule has 1 saturated carbocycles. The van der Waals surface area contributed by atoms with Gasteiger partial charge in [-0.3, -0.25) is 13.5 Å². The van der Waals surface area contributed by atoms with Crippen LogP contribution in [0, 0.1) is 16.7 Å². The first-order chi connectivity index (χ1) is 14.5. The van der Waals surface area contributed by atoms with Crippen LogP contribution in [0.5, 0.6) is 0 Å². The Morgan fingerprint density at radius 2 is 1.88 bits per heavy atom. The predicted molar refractivity (Wildman–Crippen MR) is 120 cm³/mol. The Bertz CT molecular complexity index is 909. The van der Waals surface area contributed by atoms with E-state index >= 15 is 0 Å². The summed E-state index contributed by atoms with van der Waals surface area (Å²) in [7, 11) is 0. The molecule has 0 radical (unpaired) electrons. The van der Waals surface area contributed by atoms with Crippen molar-refractivity contribution in [2.75, 3.05) is 6.54 Å². The van der Waals surface area contributed by atoms with Gasteiger partial charge in [0.15, 0.2) is 0 Å². The Kier molecular flexibility index (Phi) is 7.74. The zero-order chi connectivity index (χ0) is 24.5. The van der Waals surface area contributed by atoms with Crippen molar-refractivity contribution in [3.63, 3.8) is 0 Å². The second kappa shape index (κ2) is 9.31. The summed E-state index contributed by atoms with van der Waals surface area (Å²) >= 11 is 1.45. The van der Waals surface area contributed by atoms with Crippen molar-refractivity contribution in [1.29, 1.82) is 0 Å². The zero-order valence-corrected chi connectivity index (χ0v) is 21.0. The molecule has 9 heteroatoms. The van der Waals surface area contributed by atoms with Crippen molar-refractivity contribution in [2.24, 2.45) is 21.7 Å². The molecule has 5 nitrogen and oxygen atoms in total. The first-order valence-corrected chi connectivity index (χ1v) is 12.0. The van der Waals surface area contributed by atoms with Gasteiger partial charge in [0.2, 0.25) is 5.91 Å². The highest BCUT2D eigenvalue weighted by Gasteiger charge is 2.58. The summed E-state index contributed by atoms with van der Waals surface area (Å²) in [6.07, 6.45) is 1.18. The maximum absolute atomic E-state index is 13.4. The highest BCUT2D eigenvalue weighted by atomic mass is 32.1. The maximum atomic E-state index is 13.4. The van der Waals surface area contributed by atoms with Crippen molar-refractivity contribution >= 4 is 23.3 Å². The molecule has 0 spiro atoms. The molecule has 1 heterocycles. The SMILES string of the molecule is CCCCc1cn(C(C)(C)C)sc1=NC(=O)C1(C)CCC(C(=O)NCC(F)(F)F)C1(C)C. The summed E-state index contributed by atoms with van der Waals surface area (Å²) in [5.41, 5.74) is -0.879. The van der Waals surface area contributed by atoms with Crippen LogP contribution in [-0.2, 0) is 21.5 Å². The molecular formula is C23H36F3N3O2S. The Morgan fingerprint density at radius 1 is 1.25 bits per heavy atom. The minimum Gasteiger partial charge on any atom is -0.347 e. The summed E-state index contributed by atoms with van der Waals surface area (Å²) in [6.45, 7) is 12.4. The highest BCUT2D eigenvalue weighted by Crippen LogP contribution is 2.56. The lowest BCUT2D eigenvalue weighted by molar-refractivity contribution is -0.145. The number of alkyl halides is 3. The van der Waals surface area contributed by atoms with E-state index in [4.69, 9.17) is 0 Å². The van der Waals surface area contributed by atoms with Crippen molar-refractivity contribution < 1.29 is 22.8 Å². The van der Waals surface area contributed by atoms with E-state index in [2.05, 4.69) is 42.8 Å². The Hall–Kier alpha value is -1.64. The fourth-order valence-corrected chi connectivity index (χ4v) is 5.24. The summed E-state index contributed by atoms with van der Waals surface area (Å²) in [5, 5.41) is 1.99. The lowest BCUT2D eigenvalue weighted by atomic mass is 9.65. The molecule has 0 bridgehead atoms. The fraction of sp³-hybridized carbons (Fsp3) is 0.783. The number of amides is 2. The van der Waals surface area contributed by atoms with Crippen LogP contribution in [0.2, 0.25) is 0 Å². The second-order valence-electron chi connectivity index (χ2n) is 10.5. The van der Waals surface area contributed by atoms with Gasteiger partial charge in [-0.05, 0) is 63.4 Å². The van der Waals surface area contributed by atoms with Gasteiger partial charge in [-0.2, -0.15) is 13.2 Å². The molecule has 2 amide bonds. The third kappa shape index (κ3) is 5.64. The lowest BCUT2D eigenvalue weighted by Crippen LogP contribution is -2.46. The average molecular weight is 476 g/mol. The van der Waals surface area contributed by atoms with Gasteiger partial charge in [0.25, 0.3) is 5.91 Å². The molecule has 2 unspecified atom stereocenters. The first kappa shape index (κ1) is 26.6. The van der Waals surface area contributed by atoms with Crippen LogP contribution in [0.1, 0.15) is 79.7 Å². The molecule has 1 fully saturated rings. The smallest absolute Gasteiger partial charge is 0.347 e. The number of nitrogens with one attached hydrogen (secondary N) is 1. The largest absolute Gasteiger partial charge is 0.405 e. The van der Waals surface area contributed by atoms with Gasteiger partial charge in [0.1, 0.15) is 11.2 Å². The lowest BCUT2D eigenvalue weighted by Gasteiger charge is -2.38. The number of rotatable bonds is 6. The molecule has 0 saturated heterocycles. The molecule has 182 valence electrons. The number of halogens is 3. The third-order valence-electron chi connectivity index (χ3n) is 6.87. The molecule has 1 aliphatic rings. The molecule has 2 rings (SSSR count). The standard InChI is InChI=1S/C23H36F3N3O2S/c1-8-9-10-15-13-29(20(2,3)4)32-18(15)28-19(31)22(7)12-11-16(21(22,5)6)17(30)27-14-23(24,25)26/h13,16H,8-12,14H2,1-7H3,(H,27,30). The van der Waals surface area contributed by atoms with Crippen LogP contribution in [0.3, 0.4) is 0 Å². The van der Waals surface area contributed by atoms with E-state index in [0.29, 0.717) is 17.5 Å². The molecule has 1 aliphatic carbocycles. The number of carbonyl (C=O) groups excluding carboxylic acids is 2. The van der Waals surface area contributed by atoms with Crippen molar-refractivity contribution in [3.05, 3.63) is 16.4 Å². The molecule has 1 N–H and O–H groups in total. The van der Waals surface area contributed by atoms with E-state index < -0.39 is 35.4 Å². The van der Waals surface area contributed by atoms with Gasteiger partial charge in [-0.25, -0.2) is 4.99 Å².